The minimum absolute atomic E-state index is 0.472. The lowest BCUT2D eigenvalue weighted by atomic mass is 9.88. The zero-order valence-electron chi connectivity index (χ0n) is 11.0. The van der Waals surface area contributed by atoms with Crippen LogP contribution in [0.1, 0.15) is 31.5 Å². The van der Waals surface area contributed by atoms with Gasteiger partial charge in [0.15, 0.2) is 0 Å². The number of nitrogens with one attached hydrogen (secondary N) is 1. The summed E-state index contributed by atoms with van der Waals surface area (Å²) in [5.41, 5.74) is 2.93. The lowest BCUT2D eigenvalue weighted by Crippen LogP contribution is -2.40. The largest absolute Gasteiger partial charge is 0.308 e. The molecule has 0 amide bonds. The molecule has 1 aromatic rings. The van der Waals surface area contributed by atoms with Gasteiger partial charge in [0.05, 0.1) is 5.69 Å². The highest BCUT2D eigenvalue weighted by Crippen LogP contribution is 2.33. The van der Waals surface area contributed by atoms with Crippen molar-refractivity contribution in [1.82, 2.24) is 10.3 Å². The molecule has 0 aromatic carbocycles. The van der Waals surface area contributed by atoms with Crippen molar-refractivity contribution in [3.05, 3.63) is 29.6 Å². The normalized spacial score (nSPS) is 23.6. The molecule has 2 heterocycles. The topological polar surface area (TPSA) is 24.9 Å². The predicted octanol–water partition coefficient (Wildman–Crippen LogP) is 3.01. The summed E-state index contributed by atoms with van der Waals surface area (Å²) in [6.07, 6.45) is 3.15. The second-order valence-corrected chi connectivity index (χ2v) is 6.76. The van der Waals surface area contributed by atoms with Crippen LogP contribution in [0.3, 0.4) is 0 Å². The van der Waals surface area contributed by atoms with Crippen LogP contribution in [0.5, 0.6) is 0 Å². The molecule has 0 radical (unpaired) electrons. The van der Waals surface area contributed by atoms with Gasteiger partial charge in [-0.25, -0.2) is 0 Å². The van der Waals surface area contributed by atoms with Crippen LogP contribution in [0.25, 0.3) is 0 Å². The maximum absolute atomic E-state index is 4.43. The van der Waals surface area contributed by atoms with E-state index in [9.17, 15) is 0 Å². The first-order chi connectivity index (χ1) is 8.07. The van der Waals surface area contributed by atoms with Crippen LogP contribution in [-0.4, -0.2) is 22.5 Å². The number of hydrogen-bond acceptors (Lipinski definition) is 3. The van der Waals surface area contributed by atoms with E-state index in [1.165, 1.54) is 29.2 Å². The van der Waals surface area contributed by atoms with Crippen LogP contribution in [0.4, 0.5) is 0 Å². The van der Waals surface area contributed by atoms with E-state index in [4.69, 9.17) is 0 Å². The lowest BCUT2D eigenvalue weighted by Gasteiger charge is -2.35. The van der Waals surface area contributed by atoms with Crippen LogP contribution in [0.2, 0.25) is 0 Å². The second kappa shape index (κ2) is 5.40. The van der Waals surface area contributed by atoms with Crippen molar-refractivity contribution in [2.75, 3.05) is 11.5 Å². The van der Waals surface area contributed by atoms with Gasteiger partial charge in [-0.2, -0.15) is 11.8 Å². The Morgan fingerprint density at radius 3 is 3.06 bits per heavy atom. The van der Waals surface area contributed by atoms with Crippen molar-refractivity contribution in [3.8, 4) is 0 Å². The summed E-state index contributed by atoms with van der Waals surface area (Å²) in [7, 11) is 0. The Bertz CT molecular complexity index is 376. The quantitative estimate of drug-likeness (QED) is 0.892. The second-order valence-electron chi connectivity index (χ2n) is 5.73. The number of rotatable bonds is 3. The number of nitrogens with zero attached hydrogens (tertiary/aromatic N) is 1. The van der Waals surface area contributed by atoms with Crippen LogP contribution >= 0.6 is 11.8 Å². The summed E-state index contributed by atoms with van der Waals surface area (Å²) >= 11 is 2.07. The van der Waals surface area contributed by atoms with Gasteiger partial charge in [0, 0.05) is 24.5 Å². The summed E-state index contributed by atoms with van der Waals surface area (Å²) in [5.74, 6) is 2.52. The van der Waals surface area contributed by atoms with Gasteiger partial charge >= 0.3 is 0 Å². The van der Waals surface area contributed by atoms with Gasteiger partial charge < -0.3 is 5.32 Å². The summed E-state index contributed by atoms with van der Waals surface area (Å²) in [4.78, 5) is 4.43. The minimum atomic E-state index is 0.472. The van der Waals surface area contributed by atoms with Crippen LogP contribution in [0.15, 0.2) is 18.3 Å². The van der Waals surface area contributed by atoms with E-state index in [1.54, 1.807) is 0 Å². The molecule has 1 aromatic heterocycles. The van der Waals surface area contributed by atoms with E-state index >= 15 is 0 Å². The van der Waals surface area contributed by atoms with Crippen molar-refractivity contribution in [3.63, 3.8) is 0 Å². The van der Waals surface area contributed by atoms with E-state index in [0.717, 1.165) is 6.54 Å². The molecule has 1 saturated heterocycles. The number of hydrogen-bond donors (Lipinski definition) is 1. The van der Waals surface area contributed by atoms with Crippen molar-refractivity contribution < 1.29 is 0 Å². The number of thioether (sulfide) groups is 1. The third-order valence-corrected chi connectivity index (χ3v) is 4.91. The first-order valence-electron chi connectivity index (χ1n) is 6.28. The number of aromatic nitrogens is 1. The summed E-state index contributed by atoms with van der Waals surface area (Å²) in [6, 6.07) is 4.76. The highest BCUT2D eigenvalue weighted by atomic mass is 32.2. The van der Waals surface area contributed by atoms with E-state index in [1.807, 2.05) is 12.3 Å². The van der Waals surface area contributed by atoms with Gasteiger partial charge in [-0.15, -0.1) is 0 Å². The fraction of sp³-hybridized carbons (Fsp3) is 0.643. The zero-order valence-corrected chi connectivity index (χ0v) is 11.8. The molecule has 17 heavy (non-hydrogen) atoms. The molecular weight excluding hydrogens is 228 g/mol. The fourth-order valence-electron chi connectivity index (χ4n) is 2.34. The molecule has 0 saturated carbocycles. The third kappa shape index (κ3) is 3.71. The molecule has 1 atom stereocenters. The molecule has 1 fully saturated rings. The van der Waals surface area contributed by atoms with E-state index in [-0.39, 0.29) is 0 Å². The van der Waals surface area contributed by atoms with E-state index in [0.29, 0.717) is 11.5 Å². The molecule has 2 nitrogen and oxygen atoms in total. The van der Waals surface area contributed by atoms with Crippen LogP contribution in [-0.2, 0) is 6.54 Å². The van der Waals surface area contributed by atoms with Gasteiger partial charge in [0.25, 0.3) is 0 Å². The number of pyridine rings is 1. The minimum Gasteiger partial charge on any atom is -0.308 e. The summed E-state index contributed by atoms with van der Waals surface area (Å²) in [6.45, 7) is 7.75. The Kier molecular flexibility index (Phi) is 4.10. The lowest BCUT2D eigenvalue weighted by molar-refractivity contribution is 0.316. The van der Waals surface area contributed by atoms with Crippen LogP contribution in [0, 0.1) is 12.3 Å². The standard InChI is InChI=1S/C14H22N2S/c1-11-5-4-6-15-13(11)8-16-12-7-14(2,3)10-17-9-12/h4-6,12,16H,7-10H2,1-3H3. The maximum atomic E-state index is 4.43. The molecule has 2 rings (SSSR count). The van der Waals surface area contributed by atoms with E-state index in [2.05, 4.69) is 48.9 Å². The average molecular weight is 250 g/mol. The van der Waals surface area contributed by atoms with Gasteiger partial charge in [0.1, 0.15) is 0 Å². The van der Waals surface area contributed by atoms with Crippen molar-refractivity contribution in [1.29, 1.82) is 0 Å². The molecule has 0 aliphatic carbocycles. The Balaban J connectivity index is 1.88. The van der Waals surface area contributed by atoms with Gasteiger partial charge in [-0.05, 0) is 36.1 Å². The van der Waals surface area contributed by atoms with Gasteiger partial charge in [-0.3, -0.25) is 4.98 Å². The zero-order chi connectivity index (χ0) is 12.3. The Morgan fingerprint density at radius 2 is 2.35 bits per heavy atom. The van der Waals surface area contributed by atoms with Gasteiger partial charge in [0.2, 0.25) is 0 Å². The van der Waals surface area contributed by atoms with Crippen molar-refractivity contribution in [2.45, 2.75) is 39.8 Å². The molecule has 94 valence electrons. The Labute approximate surface area is 109 Å². The molecule has 0 bridgehead atoms. The summed E-state index contributed by atoms with van der Waals surface area (Å²) < 4.78 is 0. The first-order valence-corrected chi connectivity index (χ1v) is 7.44. The highest BCUT2D eigenvalue weighted by molar-refractivity contribution is 7.99. The molecular formula is C14H22N2S. The third-order valence-electron chi connectivity index (χ3n) is 3.29. The molecule has 1 N–H and O–H groups in total. The van der Waals surface area contributed by atoms with E-state index < -0.39 is 0 Å². The van der Waals surface area contributed by atoms with Crippen molar-refractivity contribution in [2.24, 2.45) is 5.41 Å². The maximum Gasteiger partial charge on any atom is 0.0570 e. The first kappa shape index (κ1) is 12.9. The molecule has 3 heteroatoms. The fourth-order valence-corrected chi connectivity index (χ4v) is 3.65. The predicted molar refractivity (Wildman–Crippen MR) is 75.3 cm³/mol. The Hall–Kier alpha value is -0.540. The molecule has 1 aliphatic heterocycles. The summed E-state index contributed by atoms with van der Waals surface area (Å²) in [5, 5.41) is 3.65. The molecule has 0 spiro atoms. The molecule has 1 aliphatic rings. The highest BCUT2D eigenvalue weighted by Gasteiger charge is 2.28. The van der Waals surface area contributed by atoms with Gasteiger partial charge in [-0.1, -0.05) is 19.9 Å². The number of aryl methyl sites for hydroxylation is 1. The van der Waals surface area contributed by atoms with Crippen molar-refractivity contribution >= 4 is 11.8 Å². The monoisotopic (exact) mass is 250 g/mol. The Morgan fingerprint density at radius 1 is 1.53 bits per heavy atom. The SMILES string of the molecule is Cc1cccnc1CNC1CSCC(C)(C)C1. The molecule has 1 unspecified atom stereocenters. The average Bonchev–Trinajstić information content (AvgIpc) is 2.27. The van der Waals surface area contributed by atoms with Crippen LogP contribution < -0.4 is 5.32 Å². The smallest absolute Gasteiger partial charge is 0.0570 e.